The summed E-state index contributed by atoms with van der Waals surface area (Å²) in [7, 11) is 0. The van der Waals surface area contributed by atoms with Crippen LogP contribution in [0.2, 0.25) is 0 Å². The zero-order chi connectivity index (χ0) is 10.7. The van der Waals surface area contributed by atoms with Crippen LogP contribution in [-0.2, 0) is 0 Å². The van der Waals surface area contributed by atoms with E-state index in [2.05, 4.69) is 43.8 Å². The molecule has 0 N–H and O–H groups in total. The first-order valence-electron chi connectivity index (χ1n) is 5.99. The lowest BCUT2D eigenvalue weighted by molar-refractivity contribution is 0.478. The average molecular weight is 200 g/mol. The molecule has 0 bridgehead atoms. The lowest BCUT2D eigenvalue weighted by atomic mass is 9.81. The van der Waals surface area contributed by atoms with Gasteiger partial charge < -0.3 is 0 Å². The maximum absolute atomic E-state index is 4.18. The number of rotatable bonds is 3. The van der Waals surface area contributed by atoms with E-state index in [0.29, 0.717) is 5.92 Å². The SMILES string of the molecule is C=C(C)C(c1ccccc1)C1CCCC1. The van der Waals surface area contributed by atoms with Crippen molar-refractivity contribution >= 4 is 0 Å². The van der Waals surface area contributed by atoms with Gasteiger partial charge in [0.05, 0.1) is 0 Å². The highest BCUT2D eigenvalue weighted by Crippen LogP contribution is 2.40. The van der Waals surface area contributed by atoms with Crippen molar-refractivity contribution in [2.75, 3.05) is 0 Å². The quantitative estimate of drug-likeness (QED) is 0.628. The van der Waals surface area contributed by atoms with Gasteiger partial charge in [0, 0.05) is 5.92 Å². The summed E-state index contributed by atoms with van der Waals surface area (Å²) in [6, 6.07) is 10.9. The minimum absolute atomic E-state index is 0.591. The Morgan fingerprint density at radius 2 is 1.80 bits per heavy atom. The minimum Gasteiger partial charge on any atom is -0.0995 e. The average Bonchev–Trinajstić information content (AvgIpc) is 2.72. The largest absolute Gasteiger partial charge is 0.0995 e. The van der Waals surface area contributed by atoms with Gasteiger partial charge in [-0.3, -0.25) is 0 Å². The molecule has 0 aromatic heterocycles. The Balaban J connectivity index is 2.23. The summed E-state index contributed by atoms with van der Waals surface area (Å²) >= 11 is 0. The van der Waals surface area contributed by atoms with E-state index in [1.807, 2.05) is 0 Å². The third kappa shape index (κ3) is 2.31. The highest BCUT2D eigenvalue weighted by atomic mass is 14.3. The monoisotopic (exact) mass is 200 g/mol. The van der Waals surface area contributed by atoms with Gasteiger partial charge in [0.25, 0.3) is 0 Å². The summed E-state index contributed by atoms with van der Waals surface area (Å²) in [5.74, 6) is 1.43. The molecule has 0 radical (unpaired) electrons. The second-order valence-electron chi connectivity index (χ2n) is 4.78. The van der Waals surface area contributed by atoms with Gasteiger partial charge in [-0.2, -0.15) is 0 Å². The van der Waals surface area contributed by atoms with Gasteiger partial charge in [0.15, 0.2) is 0 Å². The van der Waals surface area contributed by atoms with Gasteiger partial charge in [-0.05, 0) is 31.2 Å². The van der Waals surface area contributed by atoms with Crippen LogP contribution in [0.25, 0.3) is 0 Å². The molecule has 0 nitrogen and oxygen atoms in total. The number of allylic oxidation sites excluding steroid dienone is 1. The zero-order valence-electron chi connectivity index (χ0n) is 9.58. The Labute approximate surface area is 93.0 Å². The molecule has 15 heavy (non-hydrogen) atoms. The molecule has 0 heteroatoms. The molecule has 80 valence electrons. The molecule has 0 aliphatic heterocycles. The fourth-order valence-electron chi connectivity index (χ4n) is 2.91. The maximum atomic E-state index is 4.18. The molecule has 0 heterocycles. The fraction of sp³-hybridized carbons (Fsp3) is 0.467. The Hall–Kier alpha value is -1.04. The van der Waals surface area contributed by atoms with E-state index in [1.54, 1.807) is 0 Å². The second kappa shape index (κ2) is 4.65. The van der Waals surface area contributed by atoms with Crippen molar-refractivity contribution in [3.8, 4) is 0 Å². The van der Waals surface area contributed by atoms with Gasteiger partial charge in [-0.25, -0.2) is 0 Å². The van der Waals surface area contributed by atoms with Crippen molar-refractivity contribution in [1.29, 1.82) is 0 Å². The smallest absolute Gasteiger partial charge is 0.00709 e. The van der Waals surface area contributed by atoms with Gasteiger partial charge in [-0.15, -0.1) is 0 Å². The summed E-state index contributed by atoms with van der Waals surface area (Å²) in [4.78, 5) is 0. The molecule has 1 aromatic rings. The van der Waals surface area contributed by atoms with Gasteiger partial charge in [0.1, 0.15) is 0 Å². The topological polar surface area (TPSA) is 0 Å². The molecule has 1 aromatic carbocycles. The van der Waals surface area contributed by atoms with Crippen LogP contribution >= 0.6 is 0 Å². The molecule has 1 unspecified atom stereocenters. The molecule has 1 fully saturated rings. The number of benzene rings is 1. The van der Waals surface area contributed by atoms with E-state index in [0.717, 1.165) is 5.92 Å². The molecule has 2 rings (SSSR count). The molecule has 1 aliphatic carbocycles. The predicted octanol–water partition coefficient (Wildman–Crippen LogP) is 4.54. The fourth-order valence-corrected chi connectivity index (χ4v) is 2.91. The summed E-state index contributed by atoms with van der Waals surface area (Å²) in [5, 5.41) is 0. The van der Waals surface area contributed by atoms with Crippen LogP contribution in [0, 0.1) is 5.92 Å². The Morgan fingerprint density at radius 3 is 2.33 bits per heavy atom. The van der Waals surface area contributed by atoms with Crippen molar-refractivity contribution < 1.29 is 0 Å². The van der Waals surface area contributed by atoms with Crippen molar-refractivity contribution in [2.45, 2.75) is 38.5 Å². The first-order chi connectivity index (χ1) is 7.29. The van der Waals surface area contributed by atoms with Crippen molar-refractivity contribution in [1.82, 2.24) is 0 Å². The Bertz CT molecular complexity index is 317. The van der Waals surface area contributed by atoms with Crippen LogP contribution in [0.1, 0.15) is 44.1 Å². The van der Waals surface area contributed by atoms with Crippen LogP contribution in [0.4, 0.5) is 0 Å². The van der Waals surface area contributed by atoms with E-state index < -0.39 is 0 Å². The summed E-state index contributed by atoms with van der Waals surface area (Å²) in [6.45, 7) is 6.35. The number of hydrogen-bond acceptors (Lipinski definition) is 0. The van der Waals surface area contributed by atoms with E-state index in [4.69, 9.17) is 0 Å². The minimum atomic E-state index is 0.591. The highest BCUT2D eigenvalue weighted by Gasteiger charge is 2.26. The molecular weight excluding hydrogens is 180 g/mol. The molecule has 1 saturated carbocycles. The van der Waals surface area contributed by atoms with Crippen LogP contribution in [-0.4, -0.2) is 0 Å². The van der Waals surface area contributed by atoms with E-state index in [9.17, 15) is 0 Å². The van der Waals surface area contributed by atoms with Crippen LogP contribution in [0.15, 0.2) is 42.5 Å². The first kappa shape index (κ1) is 10.5. The number of hydrogen-bond donors (Lipinski definition) is 0. The molecule has 0 spiro atoms. The predicted molar refractivity (Wildman–Crippen MR) is 66.0 cm³/mol. The summed E-state index contributed by atoms with van der Waals surface area (Å²) in [5.41, 5.74) is 2.78. The van der Waals surface area contributed by atoms with Crippen molar-refractivity contribution in [3.05, 3.63) is 48.0 Å². The maximum Gasteiger partial charge on any atom is 0.00709 e. The zero-order valence-corrected chi connectivity index (χ0v) is 9.58. The molecule has 1 aliphatic rings. The van der Waals surface area contributed by atoms with Gasteiger partial charge in [0.2, 0.25) is 0 Å². The van der Waals surface area contributed by atoms with Crippen LogP contribution in [0.5, 0.6) is 0 Å². The van der Waals surface area contributed by atoms with Crippen molar-refractivity contribution in [2.24, 2.45) is 5.92 Å². The molecule has 0 amide bonds. The normalized spacial score (nSPS) is 19.0. The van der Waals surface area contributed by atoms with E-state index in [1.165, 1.54) is 36.8 Å². The van der Waals surface area contributed by atoms with Crippen LogP contribution in [0.3, 0.4) is 0 Å². The first-order valence-corrected chi connectivity index (χ1v) is 5.99. The van der Waals surface area contributed by atoms with Crippen LogP contribution < -0.4 is 0 Å². The molecule has 1 atom stereocenters. The summed E-state index contributed by atoms with van der Waals surface area (Å²) < 4.78 is 0. The van der Waals surface area contributed by atoms with Crippen molar-refractivity contribution in [3.63, 3.8) is 0 Å². The van der Waals surface area contributed by atoms with Gasteiger partial charge >= 0.3 is 0 Å². The lowest BCUT2D eigenvalue weighted by Gasteiger charge is -2.24. The Kier molecular flexibility index (Phi) is 3.25. The highest BCUT2D eigenvalue weighted by molar-refractivity contribution is 5.28. The molecular formula is C15H20. The third-order valence-corrected chi connectivity index (χ3v) is 3.56. The standard InChI is InChI=1S/C15H20/c1-12(2)15(14-10-6-7-11-14)13-8-4-3-5-9-13/h3-5,8-9,14-15H,1,6-7,10-11H2,2H3. The van der Waals surface area contributed by atoms with E-state index >= 15 is 0 Å². The lowest BCUT2D eigenvalue weighted by Crippen LogP contribution is -2.10. The third-order valence-electron chi connectivity index (χ3n) is 3.56. The molecule has 0 saturated heterocycles. The van der Waals surface area contributed by atoms with Gasteiger partial charge in [-0.1, -0.05) is 55.3 Å². The summed E-state index contributed by atoms with van der Waals surface area (Å²) in [6.07, 6.45) is 5.57. The Morgan fingerprint density at radius 1 is 1.20 bits per heavy atom. The van der Waals surface area contributed by atoms with E-state index in [-0.39, 0.29) is 0 Å². The second-order valence-corrected chi connectivity index (χ2v) is 4.78.